The van der Waals surface area contributed by atoms with Crippen LogP contribution in [0.5, 0.6) is 0 Å². The minimum absolute atomic E-state index is 0.0316. The first-order valence-electron chi connectivity index (χ1n) is 5.18. The van der Waals surface area contributed by atoms with E-state index < -0.39 is 5.97 Å². The van der Waals surface area contributed by atoms with Gasteiger partial charge in [0.2, 0.25) is 5.91 Å². The van der Waals surface area contributed by atoms with Gasteiger partial charge in [-0.1, -0.05) is 5.21 Å². The lowest BCUT2D eigenvalue weighted by Gasteiger charge is -2.20. The summed E-state index contributed by atoms with van der Waals surface area (Å²) in [6.45, 7) is 5.66. The Morgan fingerprint density at radius 1 is 1.47 bits per heavy atom. The largest absolute Gasteiger partial charge is 0.481 e. The number of carboxylic acids is 1. The van der Waals surface area contributed by atoms with Crippen LogP contribution in [-0.2, 0) is 22.6 Å². The number of carbonyl (C=O) groups excluding carboxylic acids is 1. The normalized spacial score (nSPS) is 11.2. The molecule has 17 heavy (non-hydrogen) atoms. The van der Waals surface area contributed by atoms with Gasteiger partial charge < -0.3 is 10.4 Å². The summed E-state index contributed by atoms with van der Waals surface area (Å²) in [6, 6.07) is 0. The van der Waals surface area contributed by atoms with E-state index >= 15 is 0 Å². The van der Waals surface area contributed by atoms with Crippen molar-refractivity contribution in [2.45, 2.75) is 39.3 Å². The van der Waals surface area contributed by atoms with Crippen LogP contribution in [0, 0.1) is 0 Å². The summed E-state index contributed by atoms with van der Waals surface area (Å²) in [5, 5.41) is 18.7. The molecule has 1 rings (SSSR count). The maximum Gasteiger partial charge on any atom is 0.309 e. The van der Waals surface area contributed by atoms with Crippen LogP contribution >= 0.6 is 0 Å². The van der Waals surface area contributed by atoms with Crippen molar-refractivity contribution >= 4 is 11.9 Å². The number of amides is 1. The van der Waals surface area contributed by atoms with Crippen molar-refractivity contribution in [1.29, 1.82) is 0 Å². The second kappa shape index (κ2) is 4.94. The fourth-order valence-electron chi connectivity index (χ4n) is 1.26. The van der Waals surface area contributed by atoms with Crippen LogP contribution in [0.15, 0.2) is 6.20 Å². The maximum atomic E-state index is 11.5. The first kappa shape index (κ1) is 13.1. The van der Waals surface area contributed by atoms with Crippen LogP contribution in [-0.4, -0.2) is 37.5 Å². The molecule has 0 radical (unpaired) electrons. The Hall–Kier alpha value is -1.92. The molecule has 0 aromatic carbocycles. The van der Waals surface area contributed by atoms with Crippen molar-refractivity contribution in [3.05, 3.63) is 11.9 Å². The Bertz CT molecular complexity index is 419. The SMILES string of the molecule is CC(C)(C)NC(=O)Cn1cc(CC(=O)O)nn1. The number of carbonyl (C=O) groups is 2. The van der Waals surface area contributed by atoms with E-state index in [0.717, 1.165) is 0 Å². The lowest BCUT2D eigenvalue weighted by atomic mass is 10.1. The highest BCUT2D eigenvalue weighted by Crippen LogP contribution is 1.99. The van der Waals surface area contributed by atoms with Gasteiger partial charge >= 0.3 is 5.97 Å². The molecule has 0 saturated heterocycles. The molecule has 0 atom stereocenters. The molecule has 0 saturated carbocycles. The van der Waals surface area contributed by atoms with Gasteiger partial charge in [0.05, 0.1) is 12.1 Å². The van der Waals surface area contributed by atoms with Gasteiger partial charge in [0.15, 0.2) is 0 Å². The Balaban J connectivity index is 2.55. The quantitative estimate of drug-likeness (QED) is 0.761. The number of nitrogens with one attached hydrogen (secondary N) is 1. The average Bonchev–Trinajstić information content (AvgIpc) is 2.46. The van der Waals surface area contributed by atoms with Crippen LogP contribution in [0.4, 0.5) is 0 Å². The van der Waals surface area contributed by atoms with Gasteiger partial charge in [-0.25, -0.2) is 4.68 Å². The standard InChI is InChI=1S/C10H16N4O3/c1-10(2,3)11-8(15)6-14-5-7(12-13-14)4-9(16)17/h5H,4,6H2,1-3H3,(H,11,15)(H,16,17). The molecule has 1 aromatic heterocycles. The molecule has 1 aromatic rings. The van der Waals surface area contributed by atoms with Gasteiger partial charge in [-0.15, -0.1) is 5.10 Å². The Morgan fingerprint density at radius 3 is 2.65 bits per heavy atom. The minimum atomic E-state index is -0.976. The van der Waals surface area contributed by atoms with Gasteiger partial charge in [0.25, 0.3) is 0 Å². The van der Waals surface area contributed by atoms with E-state index in [4.69, 9.17) is 5.11 Å². The topological polar surface area (TPSA) is 97.1 Å². The molecule has 1 heterocycles. The fourth-order valence-corrected chi connectivity index (χ4v) is 1.26. The third-order valence-corrected chi connectivity index (χ3v) is 1.74. The Morgan fingerprint density at radius 2 is 2.12 bits per heavy atom. The summed E-state index contributed by atoms with van der Waals surface area (Å²) < 4.78 is 1.32. The number of aliphatic carboxylic acids is 1. The summed E-state index contributed by atoms with van der Waals surface area (Å²) in [5.74, 6) is -1.17. The number of carboxylic acid groups (broad SMARTS) is 1. The molecule has 0 bridgehead atoms. The Kier molecular flexibility index (Phi) is 3.82. The number of nitrogens with zero attached hydrogens (tertiary/aromatic N) is 3. The van der Waals surface area contributed by atoms with E-state index in [2.05, 4.69) is 15.6 Å². The summed E-state index contributed by atoms with van der Waals surface area (Å²) >= 11 is 0. The number of aromatic nitrogens is 3. The molecule has 0 aliphatic rings. The zero-order valence-corrected chi connectivity index (χ0v) is 10.1. The monoisotopic (exact) mass is 240 g/mol. The highest BCUT2D eigenvalue weighted by Gasteiger charge is 2.14. The van der Waals surface area contributed by atoms with Crippen LogP contribution in [0.1, 0.15) is 26.5 Å². The van der Waals surface area contributed by atoms with Crippen molar-refractivity contribution < 1.29 is 14.7 Å². The molecular weight excluding hydrogens is 224 g/mol. The van der Waals surface area contributed by atoms with E-state index in [-0.39, 0.29) is 24.4 Å². The fraction of sp³-hybridized carbons (Fsp3) is 0.600. The second-order valence-electron chi connectivity index (χ2n) is 4.78. The molecule has 0 aliphatic carbocycles. The summed E-state index contributed by atoms with van der Waals surface area (Å²) in [7, 11) is 0. The molecule has 0 fully saturated rings. The minimum Gasteiger partial charge on any atom is -0.481 e. The van der Waals surface area contributed by atoms with Crippen LogP contribution in [0.25, 0.3) is 0 Å². The van der Waals surface area contributed by atoms with Gasteiger partial charge in [0.1, 0.15) is 6.54 Å². The van der Waals surface area contributed by atoms with Crippen molar-refractivity contribution in [2.24, 2.45) is 0 Å². The average molecular weight is 240 g/mol. The van der Waals surface area contributed by atoms with Crippen molar-refractivity contribution in [3.63, 3.8) is 0 Å². The zero-order valence-electron chi connectivity index (χ0n) is 10.1. The van der Waals surface area contributed by atoms with Crippen molar-refractivity contribution in [3.8, 4) is 0 Å². The highest BCUT2D eigenvalue weighted by atomic mass is 16.4. The highest BCUT2D eigenvalue weighted by molar-refractivity contribution is 5.76. The summed E-state index contributed by atoms with van der Waals surface area (Å²) in [4.78, 5) is 22.0. The zero-order chi connectivity index (χ0) is 13.1. The smallest absolute Gasteiger partial charge is 0.309 e. The lowest BCUT2D eigenvalue weighted by molar-refractivity contribution is -0.136. The van der Waals surface area contributed by atoms with E-state index in [9.17, 15) is 9.59 Å². The first-order chi connectivity index (χ1) is 7.76. The molecule has 0 spiro atoms. The first-order valence-corrected chi connectivity index (χ1v) is 5.18. The third kappa shape index (κ3) is 5.10. The molecule has 0 aliphatic heterocycles. The number of hydrogen-bond acceptors (Lipinski definition) is 4. The third-order valence-electron chi connectivity index (χ3n) is 1.74. The number of hydrogen-bond donors (Lipinski definition) is 2. The molecule has 2 N–H and O–H groups in total. The molecule has 7 nitrogen and oxygen atoms in total. The number of rotatable bonds is 4. The molecular formula is C10H16N4O3. The summed E-state index contributed by atoms with van der Waals surface area (Å²) in [5.41, 5.74) is 0.0303. The van der Waals surface area contributed by atoms with Crippen LogP contribution in [0.3, 0.4) is 0 Å². The lowest BCUT2D eigenvalue weighted by Crippen LogP contribution is -2.42. The second-order valence-corrected chi connectivity index (χ2v) is 4.78. The summed E-state index contributed by atoms with van der Waals surface area (Å²) in [6.07, 6.45) is 1.26. The Labute approximate surface area is 98.8 Å². The van der Waals surface area contributed by atoms with Crippen molar-refractivity contribution in [1.82, 2.24) is 20.3 Å². The molecule has 7 heteroatoms. The maximum absolute atomic E-state index is 11.5. The predicted molar refractivity (Wildman–Crippen MR) is 59.3 cm³/mol. The van der Waals surface area contributed by atoms with Gasteiger partial charge in [0, 0.05) is 11.7 Å². The van der Waals surface area contributed by atoms with Crippen LogP contribution < -0.4 is 5.32 Å². The van der Waals surface area contributed by atoms with E-state index in [1.807, 2.05) is 20.8 Å². The van der Waals surface area contributed by atoms with E-state index in [1.165, 1.54) is 10.9 Å². The molecule has 0 unspecified atom stereocenters. The van der Waals surface area contributed by atoms with Gasteiger partial charge in [-0.2, -0.15) is 0 Å². The van der Waals surface area contributed by atoms with Crippen LogP contribution in [0.2, 0.25) is 0 Å². The van der Waals surface area contributed by atoms with E-state index in [0.29, 0.717) is 5.69 Å². The van der Waals surface area contributed by atoms with E-state index in [1.54, 1.807) is 0 Å². The molecule has 1 amide bonds. The predicted octanol–water partition coefficient (Wildman–Crippen LogP) is -0.180. The molecule has 94 valence electrons. The van der Waals surface area contributed by atoms with Gasteiger partial charge in [-0.05, 0) is 20.8 Å². The van der Waals surface area contributed by atoms with Crippen molar-refractivity contribution in [2.75, 3.05) is 0 Å². The van der Waals surface area contributed by atoms with Gasteiger partial charge in [-0.3, -0.25) is 9.59 Å².